The maximum atomic E-state index is 12.7. The highest BCUT2D eigenvalue weighted by atomic mass is 79.9. The molecule has 1 aromatic heterocycles. The van der Waals surface area contributed by atoms with Gasteiger partial charge < -0.3 is 29.2 Å². The van der Waals surface area contributed by atoms with Crippen LogP contribution in [-0.4, -0.2) is 62.9 Å². The number of rotatable bonds is 10. The Labute approximate surface area is 251 Å². The van der Waals surface area contributed by atoms with E-state index >= 15 is 0 Å². The van der Waals surface area contributed by atoms with Gasteiger partial charge in [0.05, 0.1) is 29.7 Å². The molecule has 3 aromatic rings. The molecule has 2 amide bonds. The van der Waals surface area contributed by atoms with Crippen molar-refractivity contribution in [3.05, 3.63) is 63.4 Å². The minimum absolute atomic E-state index is 0.0789. The molecule has 4 rings (SSSR count). The first-order valence-electron chi connectivity index (χ1n) is 13.3. The van der Waals surface area contributed by atoms with Gasteiger partial charge >= 0.3 is 18.0 Å². The standard InChI is InChI=1S/C30H33BrN2O7S/c1-4-38-24(34)18-40-26-25(31)27(41-28(26)29(35)37-3)21-9-7-10-22(16-21)39-17-20-12-14-33(15-13-20)30(36)32-23-11-6-5-8-19(23)2/h5-11,16,20H,4,12-15,17-18H2,1-3H3,(H,32,36). The Morgan fingerprint density at radius 2 is 1.83 bits per heavy atom. The lowest BCUT2D eigenvalue weighted by Crippen LogP contribution is -2.42. The summed E-state index contributed by atoms with van der Waals surface area (Å²) in [6.45, 7) is 5.45. The average molecular weight is 646 g/mol. The number of carbonyl (C=O) groups excluding carboxylic acids is 3. The summed E-state index contributed by atoms with van der Waals surface area (Å²) in [5, 5.41) is 3.01. The molecule has 218 valence electrons. The SMILES string of the molecule is CCOC(=O)COc1c(C(=O)OC)sc(-c2cccc(OCC3CCN(C(=O)Nc4ccccc4C)CC3)c2)c1Br. The van der Waals surface area contributed by atoms with Crippen molar-refractivity contribution in [2.24, 2.45) is 5.92 Å². The zero-order valence-corrected chi connectivity index (χ0v) is 25.6. The van der Waals surface area contributed by atoms with Gasteiger partial charge in [0, 0.05) is 18.8 Å². The fourth-order valence-corrected chi connectivity index (χ4v) is 6.39. The molecule has 0 radical (unpaired) electrons. The molecule has 0 bridgehead atoms. The monoisotopic (exact) mass is 644 g/mol. The van der Waals surface area contributed by atoms with Crippen LogP contribution in [0.4, 0.5) is 10.5 Å². The highest BCUT2D eigenvalue weighted by Gasteiger charge is 2.26. The average Bonchev–Trinajstić information content (AvgIpc) is 3.32. The Hall–Kier alpha value is -3.57. The van der Waals surface area contributed by atoms with Crippen molar-refractivity contribution in [2.45, 2.75) is 26.7 Å². The van der Waals surface area contributed by atoms with Gasteiger partial charge in [-0.05, 0) is 77.9 Å². The first kappa shape index (κ1) is 30.4. The number of hydrogen-bond donors (Lipinski definition) is 1. The van der Waals surface area contributed by atoms with E-state index in [9.17, 15) is 14.4 Å². The highest BCUT2D eigenvalue weighted by Crippen LogP contribution is 2.46. The van der Waals surface area contributed by atoms with E-state index in [0.29, 0.717) is 35.8 Å². The zero-order valence-electron chi connectivity index (χ0n) is 23.2. The van der Waals surface area contributed by atoms with Crippen LogP contribution >= 0.6 is 27.3 Å². The minimum atomic E-state index is -0.563. The van der Waals surface area contributed by atoms with Crippen LogP contribution in [0.15, 0.2) is 53.0 Å². The number of nitrogens with one attached hydrogen (secondary N) is 1. The van der Waals surface area contributed by atoms with Gasteiger partial charge in [0.2, 0.25) is 0 Å². The second-order valence-corrected chi connectivity index (χ2v) is 11.3. The number of likely N-dealkylation sites (tertiary alicyclic amines) is 1. The molecule has 2 heterocycles. The molecule has 11 heteroatoms. The molecule has 2 aromatic carbocycles. The number of anilines is 1. The maximum absolute atomic E-state index is 12.7. The lowest BCUT2D eigenvalue weighted by atomic mass is 9.98. The molecule has 1 fully saturated rings. The normalized spacial score (nSPS) is 13.4. The molecule has 9 nitrogen and oxygen atoms in total. The number of hydrogen-bond acceptors (Lipinski definition) is 8. The molecule has 1 saturated heterocycles. The Morgan fingerprint density at radius 1 is 1.07 bits per heavy atom. The van der Waals surface area contributed by atoms with Gasteiger partial charge in [-0.3, -0.25) is 0 Å². The first-order chi connectivity index (χ1) is 19.8. The Morgan fingerprint density at radius 3 is 2.54 bits per heavy atom. The van der Waals surface area contributed by atoms with Crippen LogP contribution in [0.2, 0.25) is 0 Å². The van der Waals surface area contributed by atoms with E-state index in [1.807, 2.05) is 60.4 Å². The summed E-state index contributed by atoms with van der Waals surface area (Å²) in [5.41, 5.74) is 2.68. The number of para-hydroxylation sites is 1. The molecule has 0 unspecified atom stereocenters. The summed E-state index contributed by atoms with van der Waals surface area (Å²) in [6, 6.07) is 15.2. The van der Waals surface area contributed by atoms with Crippen LogP contribution in [0.5, 0.6) is 11.5 Å². The number of methoxy groups -OCH3 is 1. The van der Waals surface area contributed by atoms with Gasteiger partial charge in [0.25, 0.3) is 0 Å². The third-order valence-electron chi connectivity index (χ3n) is 6.69. The van der Waals surface area contributed by atoms with E-state index in [0.717, 1.165) is 34.5 Å². The van der Waals surface area contributed by atoms with Crippen LogP contribution < -0.4 is 14.8 Å². The third kappa shape index (κ3) is 7.80. The number of urea groups is 1. The summed E-state index contributed by atoms with van der Waals surface area (Å²) in [4.78, 5) is 39.8. The number of benzene rings is 2. The largest absolute Gasteiger partial charge is 0.493 e. The Balaban J connectivity index is 1.36. The molecule has 41 heavy (non-hydrogen) atoms. The van der Waals surface area contributed by atoms with Crippen molar-refractivity contribution < 1.29 is 33.3 Å². The van der Waals surface area contributed by atoms with Crippen molar-refractivity contribution >= 4 is 50.9 Å². The quantitative estimate of drug-likeness (QED) is 0.250. The molecule has 1 aliphatic heterocycles. The van der Waals surface area contributed by atoms with Crippen molar-refractivity contribution in [3.8, 4) is 21.9 Å². The molecular formula is C30H33BrN2O7S. The summed E-state index contributed by atoms with van der Waals surface area (Å²) in [7, 11) is 1.29. The van der Waals surface area contributed by atoms with Crippen molar-refractivity contribution in [3.63, 3.8) is 0 Å². The summed E-state index contributed by atoms with van der Waals surface area (Å²) in [6.07, 6.45) is 1.70. The molecule has 0 aliphatic carbocycles. The maximum Gasteiger partial charge on any atom is 0.351 e. The molecule has 1 N–H and O–H groups in total. The van der Waals surface area contributed by atoms with Gasteiger partial charge in [0.15, 0.2) is 17.2 Å². The van der Waals surface area contributed by atoms with Gasteiger partial charge in [-0.25, -0.2) is 14.4 Å². The summed E-state index contributed by atoms with van der Waals surface area (Å²) in [5.74, 6) is 0.150. The minimum Gasteiger partial charge on any atom is -0.493 e. The van der Waals surface area contributed by atoms with E-state index in [-0.39, 0.29) is 29.9 Å². The molecular weight excluding hydrogens is 612 g/mol. The smallest absolute Gasteiger partial charge is 0.351 e. The number of piperidine rings is 1. The second-order valence-electron chi connectivity index (χ2n) is 9.50. The van der Waals surface area contributed by atoms with Gasteiger partial charge in [-0.1, -0.05) is 30.3 Å². The van der Waals surface area contributed by atoms with E-state index in [1.54, 1.807) is 6.92 Å². The number of thiophene rings is 1. The van der Waals surface area contributed by atoms with Crippen LogP contribution in [0.3, 0.4) is 0 Å². The third-order valence-corrected chi connectivity index (χ3v) is 8.91. The van der Waals surface area contributed by atoms with Crippen molar-refractivity contribution in [1.29, 1.82) is 0 Å². The number of nitrogens with zero attached hydrogens (tertiary/aromatic N) is 1. The zero-order chi connectivity index (χ0) is 29.4. The summed E-state index contributed by atoms with van der Waals surface area (Å²) < 4.78 is 22.2. The van der Waals surface area contributed by atoms with Crippen LogP contribution in [0, 0.1) is 12.8 Å². The Bertz CT molecular complexity index is 1380. The van der Waals surface area contributed by atoms with Crippen molar-refractivity contribution in [1.82, 2.24) is 4.90 Å². The van der Waals surface area contributed by atoms with Gasteiger partial charge in [0.1, 0.15) is 5.75 Å². The van der Waals surface area contributed by atoms with E-state index in [1.165, 1.54) is 18.4 Å². The number of carbonyl (C=O) groups is 3. The van der Waals surface area contributed by atoms with E-state index in [4.69, 9.17) is 18.9 Å². The molecule has 0 spiro atoms. The topological polar surface area (TPSA) is 103 Å². The van der Waals surface area contributed by atoms with Crippen molar-refractivity contribution in [2.75, 3.05) is 45.3 Å². The van der Waals surface area contributed by atoms with Crippen LogP contribution in [0.1, 0.15) is 35.0 Å². The van der Waals surface area contributed by atoms with Crippen LogP contribution in [0.25, 0.3) is 10.4 Å². The number of esters is 2. The molecule has 0 saturated carbocycles. The number of halogens is 1. The number of aryl methyl sites for hydroxylation is 1. The van der Waals surface area contributed by atoms with Gasteiger partial charge in [-0.15, -0.1) is 11.3 Å². The number of ether oxygens (including phenoxy) is 4. The predicted octanol–water partition coefficient (Wildman–Crippen LogP) is 6.54. The molecule has 1 aliphatic rings. The lowest BCUT2D eigenvalue weighted by molar-refractivity contribution is -0.145. The van der Waals surface area contributed by atoms with E-state index < -0.39 is 11.9 Å². The number of amides is 2. The highest BCUT2D eigenvalue weighted by molar-refractivity contribution is 9.10. The summed E-state index contributed by atoms with van der Waals surface area (Å²) >= 11 is 4.74. The predicted molar refractivity (Wildman–Crippen MR) is 161 cm³/mol. The fourth-order valence-electron chi connectivity index (χ4n) is 4.42. The second kappa shape index (κ2) is 14.4. The lowest BCUT2D eigenvalue weighted by Gasteiger charge is -2.32. The molecule has 0 atom stereocenters. The Kier molecular flexibility index (Phi) is 10.6. The van der Waals surface area contributed by atoms with Crippen LogP contribution in [-0.2, 0) is 14.3 Å². The first-order valence-corrected chi connectivity index (χ1v) is 15.0. The van der Waals surface area contributed by atoms with E-state index in [2.05, 4.69) is 21.2 Å². The van der Waals surface area contributed by atoms with Gasteiger partial charge in [-0.2, -0.15) is 0 Å². The fraction of sp³-hybridized carbons (Fsp3) is 0.367.